The van der Waals surface area contributed by atoms with Crippen LogP contribution in [-0.4, -0.2) is 31.5 Å². The minimum atomic E-state index is -0.474. The topological polar surface area (TPSA) is 41.5 Å². The van der Waals surface area contributed by atoms with Crippen LogP contribution in [0.5, 0.6) is 0 Å². The largest absolute Gasteiger partial charge is 0.391 e. The van der Waals surface area contributed by atoms with E-state index in [1.165, 1.54) is 12.1 Å². The van der Waals surface area contributed by atoms with E-state index in [0.717, 1.165) is 5.56 Å². The van der Waals surface area contributed by atoms with E-state index in [2.05, 4.69) is 5.32 Å². The number of halogens is 2. The maximum Gasteiger partial charge on any atom is 0.124 e. The van der Waals surface area contributed by atoms with Crippen LogP contribution in [0.15, 0.2) is 18.2 Å². The fraction of sp³-hybridized carbons (Fsp3) is 0.538. The predicted octanol–water partition coefficient (Wildman–Crippen LogP) is 2.53. The van der Waals surface area contributed by atoms with Crippen molar-refractivity contribution in [3.8, 4) is 0 Å². The SMILES string of the molecule is COCC(O)CCNC(C)c1ccc(F)cc1Cl. The van der Waals surface area contributed by atoms with Gasteiger partial charge in [-0.15, -0.1) is 0 Å². The number of rotatable bonds is 7. The van der Waals surface area contributed by atoms with Crippen LogP contribution in [0.2, 0.25) is 5.02 Å². The Bertz CT molecular complexity index is 376. The number of hydrogen-bond donors (Lipinski definition) is 2. The molecule has 1 aromatic carbocycles. The van der Waals surface area contributed by atoms with Gasteiger partial charge in [-0.2, -0.15) is 0 Å². The van der Waals surface area contributed by atoms with Crippen LogP contribution in [-0.2, 0) is 4.74 Å². The molecule has 0 saturated carbocycles. The molecule has 0 fully saturated rings. The Morgan fingerprint density at radius 2 is 2.22 bits per heavy atom. The summed E-state index contributed by atoms with van der Waals surface area (Å²) in [4.78, 5) is 0. The standard InChI is InChI=1S/C13H19ClFNO2/c1-9(16-6-5-11(17)8-18-2)12-4-3-10(15)7-13(12)14/h3-4,7,9,11,16-17H,5-6,8H2,1-2H3. The van der Waals surface area contributed by atoms with E-state index in [-0.39, 0.29) is 11.9 Å². The van der Waals surface area contributed by atoms with E-state index >= 15 is 0 Å². The van der Waals surface area contributed by atoms with Crippen molar-refractivity contribution in [3.05, 3.63) is 34.6 Å². The molecular formula is C13H19ClFNO2. The Labute approximate surface area is 112 Å². The molecule has 3 nitrogen and oxygen atoms in total. The van der Waals surface area contributed by atoms with Crippen molar-refractivity contribution in [3.63, 3.8) is 0 Å². The van der Waals surface area contributed by atoms with Crippen molar-refractivity contribution >= 4 is 11.6 Å². The van der Waals surface area contributed by atoms with Crippen LogP contribution in [0.4, 0.5) is 4.39 Å². The van der Waals surface area contributed by atoms with E-state index in [1.54, 1.807) is 13.2 Å². The highest BCUT2D eigenvalue weighted by atomic mass is 35.5. The fourth-order valence-electron chi connectivity index (χ4n) is 1.70. The summed E-state index contributed by atoms with van der Waals surface area (Å²) in [6.07, 6.45) is 0.121. The third-order valence-electron chi connectivity index (χ3n) is 2.72. The second-order valence-electron chi connectivity index (χ2n) is 4.24. The molecule has 2 N–H and O–H groups in total. The molecule has 18 heavy (non-hydrogen) atoms. The van der Waals surface area contributed by atoms with Gasteiger partial charge in [-0.25, -0.2) is 4.39 Å². The van der Waals surface area contributed by atoms with Crippen molar-refractivity contribution < 1.29 is 14.2 Å². The van der Waals surface area contributed by atoms with E-state index in [4.69, 9.17) is 16.3 Å². The molecule has 0 heterocycles. The summed E-state index contributed by atoms with van der Waals surface area (Å²) in [5.41, 5.74) is 0.847. The van der Waals surface area contributed by atoms with Gasteiger partial charge in [0.25, 0.3) is 0 Å². The lowest BCUT2D eigenvalue weighted by Crippen LogP contribution is -2.25. The van der Waals surface area contributed by atoms with E-state index < -0.39 is 6.10 Å². The summed E-state index contributed by atoms with van der Waals surface area (Å²) < 4.78 is 17.7. The average Bonchev–Trinajstić information content (AvgIpc) is 2.29. The van der Waals surface area contributed by atoms with Crippen molar-refractivity contribution in [2.45, 2.75) is 25.5 Å². The molecule has 0 aliphatic heterocycles. The lowest BCUT2D eigenvalue weighted by Gasteiger charge is -2.17. The number of benzene rings is 1. The normalized spacial score (nSPS) is 14.5. The van der Waals surface area contributed by atoms with Crippen molar-refractivity contribution in [2.75, 3.05) is 20.3 Å². The second-order valence-corrected chi connectivity index (χ2v) is 4.65. The highest BCUT2D eigenvalue weighted by Crippen LogP contribution is 2.23. The van der Waals surface area contributed by atoms with Crippen LogP contribution >= 0.6 is 11.6 Å². The zero-order chi connectivity index (χ0) is 13.5. The van der Waals surface area contributed by atoms with Crippen molar-refractivity contribution in [2.24, 2.45) is 0 Å². The van der Waals surface area contributed by atoms with Crippen LogP contribution < -0.4 is 5.32 Å². The Kier molecular flexibility index (Phi) is 6.57. The van der Waals surface area contributed by atoms with E-state index in [0.29, 0.717) is 24.6 Å². The number of aliphatic hydroxyl groups excluding tert-OH is 1. The first-order valence-electron chi connectivity index (χ1n) is 5.90. The van der Waals surface area contributed by atoms with Gasteiger partial charge >= 0.3 is 0 Å². The van der Waals surface area contributed by atoms with Gasteiger partial charge in [-0.05, 0) is 37.6 Å². The Balaban J connectivity index is 2.43. The first-order valence-corrected chi connectivity index (χ1v) is 6.27. The molecular weight excluding hydrogens is 257 g/mol. The maximum atomic E-state index is 12.9. The van der Waals surface area contributed by atoms with Gasteiger partial charge in [0, 0.05) is 18.2 Å². The minimum Gasteiger partial charge on any atom is -0.391 e. The number of methoxy groups -OCH3 is 1. The first kappa shape index (κ1) is 15.4. The molecule has 2 atom stereocenters. The Morgan fingerprint density at radius 3 is 2.83 bits per heavy atom. The number of aliphatic hydroxyl groups is 1. The van der Waals surface area contributed by atoms with Gasteiger partial charge in [-0.1, -0.05) is 17.7 Å². The van der Waals surface area contributed by atoms with Crippen LogP contribution in [0.3, 0.4) is 0 Å². The van der Waals surface area contributed by atoms with E-state index in [9.17, 15) is 9.50 Å². The van der Waals surface area contributed by atoms with Crippen LogP contribution in [0, 0.1) is 5.82 Å². The quantitative estimate of drug-likeness (QED) is 0.803. The van der Waals surface area contributed by atoms with Gasteiger partial charge in [0.05, 0.1) is 12.7 Å². The molecule has 0 spiro atoms. The molecule has 0 aliphatic carbocycles. The smallest absolute Gasteiger partial charge is 0.124 e. The number of hydrogen-bond acceptors (Lipinski definition) is 3. The third-order valence-corrected chi connectivity index (χ3v) is 3.04. The fourth-order valence-corrected chi connectivity index (χ4v) is 2.04. The van der Waals surface area contributed by atoms with E-state index in [1.807, 2.05) is 6.92 Å². The first-order chi connectivity index (χ1) is 8.54. The summed E-state index contributed by atoms with van der Waals surface area (Å²) in [6, 6.07) is 4.36. The molecule has 0 saturated heterocycles. The van der Waals surface area contributed by atoms with Gasteiger partial charge in [0.1, 0.15) is 5.82 Å². The molecule has 102 valence electrons. The summed E-state index contributed by atoms with van der Waals surface area (Å²) in [7, 11) is 1.55. The summed E-state index contributed by atoms with van der Waals surface area (Å²) in [5.74, 6) is -0.341. The molecule has 5 heteroatoms. The van der Waals surface area contributed by atoms with Gasteiger partial charge in [0.2, 0.25) is 0 Å². The third kappa shape index (κ3) is 4.90. The highest BCUT2D eigenvalue weighted by Gasteiger charge is 2.10. The lowest BCUT2D eigenvalue weighted by molar-refractivity contribution is 0.0590. The summed E-state index contributed by atoms with van der Waals surface area (Å²) >= 11 is 5.97. The van der Waals surface area contributed by atoms with Crippen LogP contribution in [0.25, 0.3) is 0 Å². The zero-order valence-corrected chi connectivity index (χ0v) is 11.4. The minimum absolute atomic E-state index is 0.00726. The molecule has 0 aliphatic rings. The molecule has 1 rings (SSSR count). The Hall–Kier alpha value is -0.680. The average molecular weight is 276 g/mol. The zero-order valence-electron chi connectivity index (χ0n) is 10.6. The predicted molar refractivity (Wildman–Crippen MR) is 70.3 cm³/mol. The van der Waals surface area contributed by atoms with Gasteiger partial charge in [-0.3, -0.25) is 0 Å². The monoisotopic (exact) mass is 275 g/mol. The molecule has 1 aromatic rings. The molecule has 2 unspecified atom stereocenters. The Morgan fingerprint density at radius 1 is 1.50 bits per heavy atom. The van der Waals surface area contributed by atoms with Crippen molar-refractivity contribution in [1.29, 1.82) is 0 Å². The molecule has 0 aromatic heterocycles. The molecule has 0 amide bonds. The maximum absolute atomic E-state index is 12.9. The van der Waals surface area contributed by atoms with Gasteiger partial charge < -0.3 is 15.2 Å². The lowest BCUT2D eigenvalue weighted by atomic mass is 10.1. The molecule has 0 radical (unpaired) electrons. The summed E-state index contributed by atoms with van der Waals surface area (Å²) in [6.45, 7) is 2.91. The number of nitrogens with one attached hydrogen (secondary N) is 1. The second kappa shape index (κ2) is 7.69. The van der Waals surface area contributed by atoms with Crippen molar-refractivity contribution in [1.82, 2.24) is 5.32 Å². The van der Waals surface area contributed by atoms with Crippen LogP contribution in [0.1, 0.15) is 24.9 Å². The number of ether oxygens (including phenoxy) is 1. The summed E-state index contributed by atoms with van der Waals surface area (Å²) in [5, 5.41) is 13.1. The van der Waals surface area contributed by atoms with Gasteiger partial charge in [0.15, 0.2) is 0 Å². The highest BCUT2D eigenvalue weighted by molar-refractivity contribution is 6.31. The molecule has 0 bridgehead atoms.